The number of rotatable bonds is 10. The van der Waals surface area contributed by atoms with Gasteiger partial charge in [-0.05, 0) is 85.3 Å². The Kier molecular flexibility index (Phi) is 9.81. The van der Waals surface area contributed by atoms with Crippen LogP contribution < -0.4 is 20.0 Å². The first-order chi connectivity index (χ1) is 28.6. The molecule has 4 aromatic rings. The van der Waals surface area contributed by atoms with Crippen LogP contribution in [-0.2, 0) is 24.6 Å². The number of benzene rings is 4. The van der Waals surface area contributed by atoms with Gasteiger partial charge in [0.25, 0.3) is 11.8 Å². The number of amides is 4. The first-order valence-electron chi connectivity index (χ1n) is 18.9. The van der Waals surface area contributed by atoms with Crippen molar-refractivity contribution in [1.29, 1.82) is 0 Å². The number of nitro benzene ring substituents is 2. The van der Waals surface area contributed by atoms with Gasteiger partial charge in [0, 0.05) is 37.2 Å². The van der Waals surface area contributed by atoms with E-state index in [1.54, 1.807) is 49.4 Å². The van der Waals surface area contributed by atoms with Gasteiger partial charge in [0.05, 0.1) is 51.0 Å². The van der Waals surface area contributed by atoms with Crippen molar-refractivity contribution in [2.24, 2.45) is 23.7 Å². The lowest BCUT2D eigenvalue weighted by atomic mass is 9.49. The van der Waals surface area contributed by atoms with Crippen molar-refractivity contribution in [2.75, 3.05) is 35.9 Å². The molecule has 60 heavy (non-hydrogen) atoms. The number of aromatic hydroxyl groups is 1. The molecule has 2 heterocycles. The Morgan fingerprint density at radius 3 is 2.17 bits per heavy atom. The first kappa shape index (κ1) is 39.9. The summed E-state index contributed by atoms with van der Waals surface area (Å²) in [5, 5.41) is 36.6. The molecule has 2 aliphatic carbocycles. The summed E-state index contributed by atoms with van der Waals surface area (Å²) in [7, 11) is 2.78. The number of hydrogen-bond donors (Lipinski definition) is 2. The van der Waals surface area contributed by atoms with E-state index in [0.29, 0.717) is 21.7 Å². The van der Waals surface area contributed by atoms with Crippen LogP contribution in [-0.4, -0.2) is 64.3 Å². The summed E-state index contributed by atoms with van der Waals surface area (Å²) in [6.07, 6.45) is 1.63. The predicted molar refractivity (Wildman–Crippen MR) is 215 cm³/mol. The van der Waals surface area contributed by atoms with Crippen LogP contribution in [0.3, 0.4) is 0 Å². The molecule has 2 saturated heterocycles. The maximum absolute atomic E-state index is 15.4. The smallest absolute Gasteiger partial charge is 0.301 e. The molecule has 0 aromatic heterocycles. The van der Waals surface area contributed by atoms with Gasteiger partial charge in [-0.15, -0.1) is 0 Å². The molecule has 8 rings (SSSR count). The summed E-state index contributed by atoms with van der Waals surface area (Å²) < 4.78 is 19.7. The summed E-state index contributed by atoms with van der Waals surface area (Å²) in [5.74, 6) is -8.78. The van der Waals surface area contributed by atoms with Crippen molar-refractivity contribution in [2.45, 2.75) is 31.1 Å². The number of hydrogen-bond acceptors (Lipinski definition) is 12. The zero-order chi connectivity index (χ0) is 42.9. The highest BCUT2D eigenvalue weighted by Crippen LogP contribution is 2.64. The van der Waals surface area contributed by atoms with Crippen molar-refractivity contribution in [3.63, 3.8) is 0 Å². The third-order valence-electron chi connectivity index (χ3n) is 12.0. The van der Waals surface area contributed by atoms with E-state index in [-0.39, 0.29) is 48.0 Å². The van der Waals surface area contributed by atoms with Crippen LogP contribution in [0, 0.1) is 49.7 Å². The fourth-order valence-corrected chi connectivity index (χ4v) is 9.85. The molecule has 2 aliphatic heterocycles. The van der Waals surface area contributed by atoms with Crippen LogP contribution in [0.1, 0.15) is 36.8 Å². The fourth-order valence-electron chi connectivity index (χ4n) is 9.72. The number of halogens is 2. The number of anilines is 3. The minimum atomic E-state index is -1.72. The lowest BCUT2D eigenvalue weighted by molar-refractivity contribution is -0.392. The molecule has 308 valence electrons. The summed E-state index contributed by atoms with van der Waals surface area (Å²) in [5.41, 5.74) is 0.713. The molecule has 18 heteroatoms. The van der Waals surface area contributed by atoms with Gasteiger partial charge < -0.3 is 14.7 Å². The number of phenols is 1. The average Bonchev–Trinajstić information content (AvgIpc) is 3.59. The third kappa shape index (κ3) is 6.01. The number of nitrogens with one attached hydrogen (secondary N) is 1. The highest BCUT2D eigenvalue weighted by atomic mass is 35.5. The molecule has 3 fully saturated rings. The summed E-state index contributed by atoms with van der Waals surface area (Å²) in [4.78, 5) is 84.3. The minimum absolute atomic E-state index is 0.0223. The Balaban J connectivity index is 1.32. The van der Waals surface area contributed by atoms with Gasteiger partial charge in [-0.25, -0.2) is 9.29 Å². The number of allylic oxidation sites excluding steroid dienone is 2. The molecule has 0 bridgehead atoms. The van der Waals surface area contributed by atoms with E-state index in [0.717, 1.165) is 34.2 Å². The van der Waals surface area contributed by atoms with E-state index in [4.69, 9.17) is 16.3 Å². The molecule has 1 saturated carbocycles. The fraction of sp³-hybridized carbons (Fsp3) is 0.286. The molecule has 16 nitrogen and oxygen atoms in total. The summed E-state index contributed by atoms with van der Waals surface area (Å²) in [6, 6.07) is 18.0. The standard InChI is InChI=1S/C42H36ClFN6O10/c1-4-60-34-17-21(5-16-33(34)51)36-27-14-15-28-35(40(54)47(38(28)52)26-18-31(49(56)57)37(46(2)3)32(19-26)50(58)59)29(27)20-30-39(53)48(45-25-12-10-24(44)11-13-25)41(55)42(30,36)22-6-8-23(43)9-7-22/h5-14,16-19,28-30,35-36,45,51H,4,15,20H2,1-3H3/t28-,29+,30-,35-,36-,42+/m0/s1. The Morgan fingerprint density at radius 2 is 1.57 bits per heavy atom. The highest BCUT2D eigenvalue weighted by molar-refractivity contribution is 6.30. The van der Waals surface area contributed by atoms with Crippen molar-refractivity contribution < 1.29 is 43.3 Å². The number of carbonyl (C=O) groups excluding carboxylic acids is 4. The van der Waals surface area contributed by atoms with Crippen LogP contribution in [0.15, 0.2) is 90.5 Å². The molecular formula is C42H36ClFN6O10. The number of nitrogens with zero attached hydrogens (tertiary/aromatic N) is 5. The SMILES string of the molecule is CCOc1cc([C@H]2C3=CC[C@@H]4C(=O)N(c5cc([N+](=O)[O-])c(N(C)C)c([N+](=O)[O-])c5)C(=O)[C@@H]4[C@@H]3C[C@H]3C(=O)N(Nc4ccc(F)cc4)C(=O)[C@@]23c2ccc(Cl)cc2)ccc1O. The molecule has 6 atom stereocenters. The topological polar surface area (TPSA) is 206 Å². The Labute approximate surface area is 346 Å². The molecule has 0 unspecified atom stereocenters. The van der Waals surface area contributed by atoms with E-state index in [1.165, 1.54) is 37.2 Å². The summed E-state index contributed by atoms with van der Waals surface area (Å²) >= 11 is 6.36. The Morgan fingerprint density at radius 1 is 0.917 bits per heavy atom. The lowest BCUT2D eigenvalue weighted by Gasteiger charge is -2.50. The molecule has 0 spiro atoms. The maximum atomic E-state index is 15.4. The number of ether oxygens (including phenoxy) is 1. The number of nitro groups is 2. The highest BCUT2D eigenvalue weighted by Gasteiger charge is 2.70. The third-order valence-corrected chi connectivity index (χ3v) is 12.3. The minimum Gasteiger partial charge on any atom is -0.504 e. The molecule has 2 N–H and O–H groups in total. The maximum Gasteiger partial charge on any atom is 0.301 e. The van der Waals surface area contributed by atoms with Gasteiger partial charge in [-0.2, -0.15) is 5.01 Å². The van der Waals surface area contributed by atoms with Gasteiger partial charge in [-0.3, -0.25) is 44.8 Å². The van der Waals surface area contributed by atoms with Crippen molar-refractivity contribution in [3.8, 4) is 11.5 Å². The van der Waals surface area contributed by atoms with Crippen LogP contribution in [0.25, 0.3) is 0 Å². The number of hydrazine groups is 1. The zero-order valence-corrected chi connectivity index (χ0v) is 33.0. The molecule has 0 radical (unpaired) electrons. The van der Waals surface area contributed by atoms with Crippen molar-refractivity contribution in [3.05, 3.63) is 133 Å². The predicted octanol–water partition coefficient (Wildman–Crippen LogP) is 6.66. The molecule has 4 amide bonds. The van der Waals surface area contributed by atoms with Crippen LogP contribution >= 0.6 is 11.6 Å². The van der Waals surface area contributed by atoms with E-state index in [1.807, 2.05) is 0 Å². The average molecular weight is 839 g/mol. The van der Waals surface area contributed by atoms with E-state index >= 15 is 4.79 Å². The van der Waals surface area contributed by atoms with Crippen molar-refractivity contribution in [1.82, 2.24) is 5.01 Å². The monoisotopic (exact) mass is 838 g/mol. The van der Waals surface area contributed by atoms with Crippen LogP contribution in [0.5, 0.6) is 11.5 Å². The van der Waals surface area contributed by atoms with Gasteiger partial charge in [0.2, 0.25) is 11.8 Å². The Bertz CT molecular complexity index is 2520. The number of fused-ring (bicyclic) bond motifs is 4. The van der Waals surface area contributed by atoms with Gasteiger partial charge in [0.15, 0.2) is 17.2 Å². The molecular weight excluding hydrogens is 803 g/mol. The number of phenolic OH excluding ortho intramolecular Hbond substituents is 1. The molecule has 4 aromatic carbocycles. The lowest BCUT2D eigenvalue weighted by Crippen LogP contribution is -2.53. The first-order valence-corrected chi connectivity index (χ1v) is 19.3. The Hall–Kier alpha value is -6.88. The van der Waals surface area contributed by atoms with E-state index < -0.39 is 85.7 Å². The molecule has 4 aliphatic rings. The zero-order valence-electron chi connectivity index (χ0n) is 32.2. The van der Waals surface area contributed by atoms with Crippen LogP contribution in [0.2, 0.25) is 5.02 Å². The second-order valence-electron chi connectivity index (χ2n) is 15.3. The van der Waals surface area contributed by atoms with Gasteiger partial charge in [0.1, 0.15) is 5.82 Å². The largest absolute Gasteiger partial charge is 0.504 e. The number of imide groups is 2. The van der Waals surface area contributed by atoms with E-state index in [2.05, 4.69) is 5.43 Å². The second kappa shape index (κ2) is 14.7. The summed E-state index contributed by atoms with van der Waals surface area (Å²) in [6.45, 7) is 1.90. The quantitative estimate of drug-likeness (QED) is 0.0745. The number of carbonyl (C=O) groups is 4. The van der Waals surface area contributed by atoms with Crippen molar-refractivity contribution >= 4 is 63.7 Å². The van der Waals surface area contributed by atoms with Gasteiger partial charge >= 0.3 is 11.4 Å². The second-order valence-corrected chi connectivity index (χ2v) is 15.7. The normalized spacial score (nSPS) is 24.4. The van der Waals surface area contributed by atoms with Gasteiger partial charge in [-0.1, -0.05) is 41.4 Å². The van der Waals surface area contributed by atoms with Crippen LogP contribution in [0.4, 0.5) is 32.8 Å². The van der Waals surface area contributed by atoms with E-state index in [9.17, 15) is 44.1 Å².